The molecule has 0 bridgehead atoms. The second-order valence-electron chi connectivity index (χ2n) is 8.10. The highest BCUT2D eigenvalue weighted by Gasteiger charge is 2.29. The maximum absolute atomic E-state index is 12.4. The van der Waals surface area contributed by atoms with Gasteiger partial charge in [0.25, 0.3) is 0 Å². The molecule has 4 N–H and O–H groups in total. The predicted molar refractivity (Wildman–Crippen MR) is 128 cm³/mol. The molecule has 32 heavy (non-hydrogen) atoms. The summed E-state index contributed by atoms with van der Waals surface area (Å²) < 4.78 is 5.51. The van der Waals surface area contributed by atoms with Crippen molar-refractivity contribution in [2.45, 2.75) is 19.8 Å². The first-order chi connectivity index (χ1) is 15.4. The normalized spacial score (nSPS) is 11.7. The molecule has 3 aromatic heterocycles. The summed E-state index contributed by atoms with van der Waals surface area (Å²) in [7, 11) is 1.62. The van der Waals surface area contributed by atoms with E-state index in [-0.39, 0.29) is 11.6 Å². The standard InChI is InChI=1S/C25H22ClN3O3/c1-12(2)20-22(21-15-7-9-27-18(15)5-4-17(21)26)24(25(30)31)29-23(20)16-10-13(32-3)11-19-14(16)6-8-28-19/h4-12,27-29H,1-3H3,(H,30,31). The Kier molecular flexibility index (Phi) is 4.75. The maximum atomic E-state index is 12.4. The summed E-state index contributed by atoms with van der Waals surface area (Å²) in [6, 6.07) is 11.5. The lowest BCUT2D eigenvalue weighted by atomic mass is 9.89. The van der Waals surface area contributed by atoms with E-state index >= 15 is 0 Å². The van der Waals surface area contributed by atoms with Gasteiger partial charge in [0.2, 0.25) is 0 Å². The van der Waals surface area contributed by atoms with E-state index in [0.29, 0.717) is 21.9 Å². The highest BCUT2D eigenvalue weighted by atomic mass is 35.5. The molecule has 0 fully saturated rings. The number of carboxylic acid groups (broad SMARTS) is 1. The Morgan fingerprint density at radius 1 is 1.00 bits per heavy atom. The lowest BCUT2D eigenvalue weighted by molar-refractivity contribution is 0.0692. The van der Waals surface area contributed by atoms with E-state index < -0.39 is 5.97 Å². The minimum Gasteiger partial charge on any atom is -0.497 e. The van der Waals surface area contributed by atoms with Gasteiger partial charge in [0.1, 0.15) is 11.4 Å². The molecule has 0 aliphatic rings. The summed E-state index contributed by atoms with van der Waals surface area (Å²) in [4.78, 5) is 22.1. The van der Waals surface area contributed by atoms with Crippen molar-refractivity contribution in [2.75, 3.05) is 7.11 Å². The molecule has 0 saturated carbocycles. The van der Waals surface area contributed by atoms with Crippen molar-refractivity contribution in [2.24, 2.45) is 0 Å². The Balaban J connectivity index is 1.93. The summed E-state index contributed by atoms with van der Waals surface area (Å²) in [5.41, 5.74) is 5.77. The van der Waals surface area contributed by atoms with E-state index in [0.717, 1.165) is 38.6 Å². The van der Waals surface area contributed by atoms with Crippen LogP contribution in [0.1, 0.15) is 35.8 Å². The van der Waals surface area contributed by atoms with Gasteiger partial charge in [-0.25, -0.2) is 4.79 Å². The Morgan fingerprint density at radius 2 is 1.72 bits per heavy atom. The highest BCUT2D eigenvalue weighted by Crippen LogP contribution is 2.46. The SMILES string of the molecule is COc1cc(-c2[nH]c(C(=O)O)c(-c3c(Cl)ccc4[nH]ccc34)c2C(C)C)c2cc[nH]c2c1. The van der Waals surface area contributed by atoms with Crippen LogP contribution in [0, 0.1) is 0 Å². The molecular formula is C25H22ClN3O3. The van der Waals surface area contributed by atoms with Gasteiger partial charge in [-0.2, -0.15) is 0 Å². The van der Waals surface area contributed by atoms with Gasteiger partial charge in [-0.3, -0.25) is 0 Å². The summed E-state index contributed by atoms with van der Waals surface area (Å²) >= 11 is 6.68. The van der Waals surface area contributed by atoms with Gasteiger partial charge < -0.3 is 24.8 Å². The molecule has 0 unspecified atom stereocenters. The van der Waals surface area contributed by atoms with Crippen LogP contribution in [0.5, 0.6) is 5.75 Å². The molecule has 162 valence electrons. The summed E-state index contributed by atoms with van der Waals surface area (Å²) in [5.74, 6) is -0.330. The average Bonchev–Trinajstić information content (AvgIpc) is 3.50. The van der Waals surface area contributed by atoms with Crippen LogP contribution in [0.25, 0.3) is 44.2 Å². The molecule has 7 heteroatoms. The average molecular weight is 448 g/mol. The number of aromatic nitrogens is 3. The third-order valence-electron chi connectivity index (χ3n) is 5.91. The zero-order valence-corrected chi connectivity index (χ0v) is 18.6. The maximum Gasteiger partial charge on any atom is 0.352 e. The fourth-order valence-electron chi connectivity index (χ4n) is 4.55. The van der Waals surface area contributed by atoms with Crippen molar-refractivity contribution < 1.29 is 14.6 Å². The van der Waals surface area contributed by atoms with Crippen LogP contribution in [0.2, 0.25) is 5.02 Å². The van der Waals surface area contributed by atoms with Crippen molar-refractivity contribution in [3.8, 4) is 28.1 Å². The number of benzene rings is 2. The molecule has 0 radical (unpaired) electrons. The molecule has 0 aliphatic carbocycles. The van der Waals surface area contributed by atoms with Crippen molar-refractivity contribution in [1.82, 2.24) is 15.0 Å². The smallest absolute Gasteiger partial charge is 0.352 e. The Morgan fingerprint density at radius 3 is 2.41 bits per heavy atom. The largest absolute Gasteiger partial charge is 0.497 e. The van der Waals surface area contributed by atoms with Crippen LogP contribution in [0.15, 0.2) is 48.8 Å². The zero-order chi connectivity index (χ0) is 22.6. The minimum absolute atomic E-state index is 0.0230. The Labute approximate surface area is 189 Å². The molecule has 0 spiro atoms. The summed E-state index contributed by atoms with van der Waals surface area (Å²) in [6.45, 7) is 4.11. The number of aromatic carboxylic acids is 1. The number of fused-ring (bicyclic) bond motifs is 2. The quantitative estimate of drug-likeness (QED) is 0.239. The van der Waals surface area contributed by atoms with Gasteiger partial charge in [-0.15, -0.1) is 0 Å². The van der Waals surface area contributed by atoms with Crippen LogP contribution in [0.4, 0.5) is 0 Å². The molecule has 0 amide bonds. The third-order valence-corrected chi connectivity index (χ3v) is 6.23. The summed E-state index contributed by atoms with van der Waals surface area (Å²) in [5, 5.41) is 12.5. The van der Waals surface area contributed by atoms with Crippen LogP contribution < -0.4 is 4.74 Å². The Hall–Kier alpha value is -3.64. The number of rotatable bonds is 5. The molecule has 3 heterocycles. The number of hydrogen-bond donors (Lipinski definition) is 4. The van der Waals surface area contributed by atoms with Crippen LogP contribution in [-0.2, 0) is 0 Å². The number of carboxylic acids is 1. The number of halogens is 1. The number of H-pyrrole nitrogens is 3. The molecule has 6 nitrogen and oxygen atoms in total. The molecule has 0 saturated heterocycles. The lowest BCUT2D eigenvalue weighted by Crippen LogP contribution is -2.00. The first-order valence-electron chi connectivity index (χ1n) is 10.3. The molecule has 5 rings (SSSR count). The van der Waals surface area contributed by atoms with E-state index in [1.807, 2.05) is 42.7 Å². The topological polar surface area (TPSA) is 93.9 Å². The molecule has 0 aliphatic heterocycles. The van der Waals surface area contributed by atoms with Gasteiger partial charge in [0.05, 0.1) is 12.8 Å². The number of carbonyl (C=O) groups is 1. The second-order valence-corrected chi connectivity index (χ2v) is 8.51. The zero-order valence-electron chi connectivity index (χ0n) is 17.8. The molecule has 0 atom stereocenters. The lowest BCUT2D eigenvalue weighted by Gasteiger charge is -2.15. The highest BCUT2D eigenvalue weighted by molar-refractivity contribution is 6.35. The van der Waals surface area contributed by atoms with Gasteiger partial charge in [0, 0.05) is 62.0 Å². The van der Waals surface area contributed by atoms with Gasteiger partial charge in [-0.1, -0.05) is 25.4 Å². The van der Waals surface area contributed by atoms with E-state index in [1.54, 1.807) is 13.2 Å². The van der Waals surface area contributed by atoms with Gasteiger partial charge in [-0.05, 0) is 41.8 Å². The summed E-state index contributed by atoms with van der Waals surface area (Å²) in [6.07, 6.45) is 3.70. The van der Waals surface area contributed by atoms with Crippen LogP contribution in [0.3, 0.4) is 0 Å². The Bertz CT molecular complexity index is 1490. The van der Waals surface area contributed by atoms with Crippen molar-refractivity contribution >= 4 is 39.4 Å². The third kappa shape index (κ3) is 2.99. The first-order valence-corrected chi connectivity index (χ1v) is 10.7. The monoisotopic (exact) mass is 447 g/mol. The van der Waals surface area contributed by atoms with E-state index in [2.05, 4.69) is 28.8 Å². The second kappa shape index (κ2) is 7.50. The van der Waals surface area contributed by atoms with Crippen LogP contribution in [-0.4, -0.2) is 33.1 Å². The number of aromatic amines is 3. The van der Waals surface area contributed by atoms with Gasteiger partial charge >= 0.3 is 5.97 Å². The predicted octanol–water partition coefficient (Wildman–Crippen LogP) is 6.79. The van der Waals surface area contributed by atoms with Crippen molar-refractivity contribution in [1.29, 1.82) is 0 Å². The molecule has 5 aromatic rings. The number of ether oxygens (including phenoxy) is 1. The fourth-order valence-corrected chi connectivity index (χ4v) is 4.81. The fraction of sp³-hybridized carbons (Fsp3) is 0.160. The first kappa shape index (κ1) is 20.3. The van der Waals surface area contributed by atoms with Crippen molar-refractivity contribution in [3.63, 3.8) is 0 Å². The van der Waals surface area contributed by atoms with E-state index in [4.69, 9.17) is 16.3 Å². The molecular weight excluding hydrogens is 426 g/mol. The van der Waals surface area contributed by atoms with Crippen LogP contribution >= 0.6 is 11.6 Å². The minimum atomic E-state index is -1.04. The van der Waals surface area contributed by atoms with Crippen molar-refractivity contribution in [3.05, 3.63) is 65.1 Å². The van der Waals surface area contributed by atoms with E-state index in [1.165, 1.54) is 0 Å². The van der Waals surface area contributed by atoms with E-state index in [9.17, 15) is 9.90 Å². The molecule has 2 aromatic carbocycles. The van der Waals surface area contributed by atoms with Gasteiger partial charge in [0.15, 0.2) is 0 Å². The number of nitrogens with one attached hydrogen (secondary N) is 3. The number of hydrogen-bond acceptors (Lipinski definition) is 2. The number of methoxy groups -OCH3 is 1.